The number of anilines is 1. The normalized spacial score (nSPS) is 11.7. The number of urea groups is 1. The van der Waals surface area contributed by atoms with Crippen LogP contribution >= 0.6 is 0 Å². The van der Waals surface area contributed by atoms with Crippen LogP contribution in [0.3, 0.4) is 0 Å². The van der Waals surface area contributed by atoms with E-state index in [0.29, 0.717) is 23.7 Å². The minimum Gasteiger partial charge on any atom is -0.457 e. The van der Waals surface area contributed by atoms with E-state index in [1.54, 1.807) is 24.3 Å². The molecular weight excluding hydrogens is 344 g/mol. The van der Waals surface area contributed by atoms with E-state index in [1.807, 2.05) is 48.5 Å². The first-order valence-electron chi connectivity index (χ1n) is 8.53. The van der Waals surface area contributed by atoms with Crippen molar-refractivity contribution in [2.24, 2.45) is 0 Å². The molecule has 0 saturated carbocycles. The Bertz CT molecular complexity index is 927. The Balaban J connectivity index is 1.29. The number of fused-ring (bicyclic) bond motifs is 1. The molecule has 0 fully saturated rings. The van der Waals surface area contributed by atoms with E-state index < -0.39 is 0 Å². The zero-order valence-corrected chi connectivity index (χ0v) is 14.5. The molecule has 1 aliphatic rings. The van der Waals surface area contributed by atoms with Gasteiger partial charge in [-0.05, 0) is 54.1 Å². The third-order valence-corrected chi connectivity index (χ3v) is 3.98. The summed E-state index contributed by atoms with van der Waals surface area (Å²) >= 11 is 0. The lowest BCUT2D eigenvalue weighted by atomic mass is 10.2. The van der Waals surface area contributed by atoms with Gasteiger partial charge in [0.1, 0.15) is 11.5 Å². The van der Waals surface area contributed by atoms with E-state index in [4.69, 9.17) is 14.2 Å². The fourth-order valence-corrected chi connectivity index (χ4v) is 2.64. The smallest absolute Gasteiger partial charge is 0.319 e. The minimum atomic E-state index is -0.288. The number of para-hydroxylation sites is 1. The molecule has 2 N–H and O–H groups in total. The van der Waals surface area contributed by atoms with E-state index >= 15 is 0 Å². The molecule has 0 bridgehead atoms. The summed E-state index contributed by atoms with van der Waals surface area (Å²) in [4.78, 5) is 12.1. The average molecular weight is 362 g/mol. The largest absolute Gasteiger partial charge is 0.457 e. The molecule has 6 nitrogen and oxygen atoms in total. The van der Waals surface area contributed by atoms with Crippen LogP contribution in [0.25, 0.3) is 0 Å². The van der Waals surface area contributed by atoms with E-state index in [9.17, 15) is 4.79 Å². The highest BCUT2D eigenvalue weighted by Gasteiger charge is 2.13. The molecular formula is C21H18N2O4. The molecule has 0 aromatic heterocycles. The number of benzene rings is 3. The standard InChI is InChI=1S/C21H18N2O4/c24-21(22-13-15-6-11-19-20(12-15)26-14-25-19)23-16-7-9-18(10-8-16)27-17-4-2-1-3-5-17/h1-12H,13-14H2,(H2,22,23,24). The van der Waals surface area contributed by atoms with Crippen molar-refractivity contribution in [3.05, 3.63) is 78.4 Å². The van der Waals surface area contributed by atoms with Crippen LogP contribution in [-0.4, -0.2) is 12.8 Å². The third kappa shape index (κ3) is 4.30. The number of ether oxygens (including phenoxy) is 3. The van der Waals surface area contributed by atoms with Gasteiger partial charge in [-0.3, -0.25) is 0 Å². The van der Waals surface area contributed by atoms with Gasteiger partial charge in [0.25, 0.3) is 0 Å². The highest BCUT2D eigenvalue weighted by atomic mass is 16.7. The number of amides is 2. The van der Waals surface area contributed by atoms with Crippen LogP contribution in [0.15, 0.2) is 72.8 Å². The highest BCUT2D eigenvalue weighted by molar-refractivity contribution is 5.89. The Morgan fingerprint density at radius 1 is 0.889 bits per heavy atom. The SMILES string of the molecule is O=C(NCc1ccc2c(c1)OCO2)Nc1ccc(Oc2ccccc2)cc1. The summed E-state index contributed by atoms with van der Waals surface area (Å²) in [6, 6.07) is 22.0. The number of carbonyl (C=O) groups excluding carboxylic acids is 1. The zero-order valence-electron chi connectivity index (χ0n) is 14.5. The van der Waals surface area contributed by atoms with E-state index in [1.165, 1.54) is 0 Å². The Morgan fingerprint density at radius 3 is 2.44 bits per heavy atom. The van der Waals surface area contributed by atoms with E-state index in [-0.39, 0.29) is 12.8 Å². The summed E-state index contributed by atoms with van der Waals surface area (Å²) in [6.07, 6.45) is 0. The second-order valence-electron chi connectivity index (χ2n) is 5.93. The van der Waals surface area contributed by atoms with Gasteiger partial charge >= 0.3 is 6.03 Å². The summed E-state index contributed by atoms with van der Waals surface area (Å²) < 4.78 is 16.3. The first kappa shape index (κ1) is 16.8. The number of hydrogen-bond acceptors (Lipinski definition) is 4. The molecule has 0 saturated heterocycles. The van der Waals surface area contributed by atoms with Crippen LogP contribution in [-0.2, 0) is 6.54 Å². The molecule has 0 radical (unpaired) electrons. The third-order valence-electron chi connectivity index (χ3n) is 3.98. The second kappa shape index (κ2) is 7.70. The monoisotopic (exact) mass is 362 g/mol. The summed E-state index contributed by atoms with van der Waals surface area (Å²) in [5.74, 6) is 2.89. The van der Waals surface area contributed by atoms with Crippen molar-refractivity contribution in [2.45, 2.75) is 6.54 Å². The molecule has 1 heterocycles. The van der Waals surface area contributed by atoms with Crippen molar-refractivity contribution in [2.75, 3.05) is 12.1 Å². The van der Waals surface area contributed by atoms with Crippen molar-refractivity contribution >= 4 is 11.7 Å². The van der Waals surface area contributed by atoms with Gasteiger partial charge in [-0.25, -0.2) is 4.79 Å². The van der Waals surface area contributed by atoms with E-state index in [0.717, 1.165) is 17.1 Å². The first-order valence-corrected chi connectivity index (χ1v) is 8.53. The number of rotatable bonds is 5. The summed E-state index contributed by atoms with van der Waals surface area (Å²) in [5, 5.41) is 5.61. The maximum atomic E-state index is 12.1. The molecule has 0 unspecified atom stereocenters. The molecule has 4 rings (SSSR count). The number of carbonyl (C=O) groups is 1. The lowest BCUT2D eigenvalue weighted by Crippen LogP contribution is -2.28. The Morgan fingerprint density at radius 2 is 1.63 bits per heavy atom. The lowest BCUT2D eigenvalue weighted by Gasteiger charge is -2.09. The van der Waals surface area contributed by atoms with Crippen molar-refractivity contribution in [1.82, 2.24) is 5.32 Å². The van der Waals surface area contributed by atoms with Crippen LogP contribution in [0.4, 0.5) is 10.5 Å². The predicted octanol–water partition coefficient (Wildman–Crippen LogP) is 4.53. The second-order valence-corrected chi connectivity index (χ2v) is 5.93. The Kier molecular flexibility index (Phi) is 4.78. The molecule has 2 amide bonds. The predicted molar refractivity (Wildman–Crippen MR) is 101 cm³/mol. The number of nitrogens with one attached hydrogen (secondary N) is 2. The zero-order chi connectivity index (χ0) is 18.5. The number of hydrogen-bond donors (Lipinski definition) is 2. The van der Waals surface area contributed by atoms with Gasteiger partial charge in [-0.2, -0.15) is 0 Å². The van der Waals surface area contributed by atoms with Gasteiger partial charge in [-0.15, -0.1) is 0 Å². The van der Waals surface area contributed by atoms with Crippen LogP contribution in [0, 0.1) is 0 Å². The summed E-state index contributed by atoms with van der Waals surface area (Å²) in [5.41, 5.74) is 1.61. The Hall–Kier alpha value is -3.67. The molecule has 0 atom stereocenters. The van der Waals surface area contributed by atoms with Crippen molar-refractivity contribution in [1.29, 1.82) is 0 Å². The quantitative estimate of drug-likeness (QED) is 0.700. The molecule has 3 aromatic rings. The first-order chi connectivity index (χ1) is 13.3. The molecule has 136 valence electrons. The molecule has 27 heavy (non-hydrogen) atoms. The minimum absolute atomic E-state index is 0.233. The van der Waals surface area contributed by atoms with Crippen LogP contribution in [0.2, 0.25) is 0 Å². The summed E-state index contributed by atoms with van der Waals surface area (Å²) in [6.45, 7) is 0.619. The fourth-order valence-electron chi connectivity index (χ4n) is 2.64. The fraction of sp³-hybridized carbons (Fsp3) is 0.0952. The molecule has 1 aliphatic heterocycles. The maximum Gasteiger partial charge on any atom is 0.319 e. The van der Waals surface area contributed by atoms with Gasteiger partial charge in [0.2, 0.25) is 6.79 Å². The van der Waals surface area contributed by atoms with Crippen molar-refractivity contribution < 1.29 is 19.0 Å². The van der Waals surface area contributed by atoms with E-state index in [2.05, 4.69) is 10.6 Å². The highest BCUT2D eigenvalue weighted by Crippen LogP contribution is 2.32. The van der Waals surface area contributed by atoms with Crippen molar-refractivity contribution in [3.63, 3.8) is 0 Å². The Labute approximate surface area is 156 Å². The van der Waals surface area contributed by atoms with Gasteiger partial charge in [-0.1, -0.05) is 24.3 Å². The average Bonchev–Trinajstić information content (AvgIpc) is 3.17. The van der Waals surface area contributed by atoms with Crippen molar-refractivity contribution in [3.8, 4) is 23.0 Å². The molecule has 3 aromatic carbocycles. The molecule has 6 heteroatoms. The van der Waals surface area contributed by atoms with Gasteiger partial charge in [0, 0.05) is 12.2 Å². The van der Waals surface area contributed by atoms with Crippen LogP contribution in [0.1, 0.15) is 5.56 Å². The topological polar surface area (TPSA) is 68.8 Å². The van der Waals surface area contributed by atoms with Gasteiger partial charge < -0.3 is 24.8 Å². The van der Waals surface area contributed by atoms with Crippen LogP contribution in [0.5, 0.6) is 23.0 Å². The van der Waals surface area contributed by atoms with Crippen LogP contribution < -0.4 is 24.8 Å². The van der Waals surface area contributed by atoms with Gasteiger partial charge in [0.15, 0.2) is 11.5 Å². The molecule has 0 aliphatic carbocycles. The van der Waals surface area contributed by atoms with Gasteiger partial charge in [0.05, 0.1) is 0 Å². The summed E-state index contributed by atoms with van der Waals surface area (Å²) in [7, 11) is 0. The maximum absolute atomic E-state index is 12.1. The molecule has 0 spiro atoms. The lowest BCUT2D eigenvalue weighted by molar-refractivity contribution is 0.174.